The molecule has 12 heteroatoms. The highest BCUT2D eigenvalue weighted by Gasteiger charge is 2.36. The highest BCUT2D eigenvalue weighted by Crippen LogP contribution is 2.33. The van der Waals surface area contributed by atoms with E-state index in [2.05, 4.69) is 0 Å². The molecule has 1 unspecified atom stereocenters. The van der Waals surface area contributed by atoms with Gasteiger partial charge in [0, 0.05) is 34.6 Å². The fraction of sp³-hybridized carbons (Fsp3) is 0.320. The summed E-state index contributed by atoms with van der Waals surface area (Å²) in [6.07, 6.45) is 2.36. The van der Waals surface area contributed by atoms with Gasteiger partial charge in [-0.05, 0) is 48.7 Å². The Hall–Kier alpha value is -1.98. The van der Waals surface area contributed by atoms with Crippen LogP contribution in [0.1, 0.15) is 30.4 Å². The Bertz CT molecular complexity index is 1350. The van der Waals surface area contributed by atoms with Crippen LogP contribution in [-0.2, 0) is 26.0 Å². The third kappa shape index (κ3) is 6.92. The number of carbonyl (C=O) groups excluding carboxylic acids is 2. The first-order valence-electron chi connectivity index (χ1n) is 11.5. The normalized spacial score (nSPS) is 20.1. The van der Waals surface area contributed by atoms with Crippen LogP contribution in [0.5, 0.6) is 0 Å². The maximum atomic E-state index is 14.5. The molecule has 0 aromatic heterocycles. The van der Waals surface area contributed by atoms with Gasteiger partial charge in [0.05, 0.1) is 23.0 Å². The SMILES string of the molecule is O=C1/C(=C/c2ccc(Cl)cc2)SC(=S)N1CCCC(=O)N(Cc1c(F)cccc1Cl)C1CCS(=O)(=O)C1. The minimum Gasteiger partial charge on any atom is -0.334 e. The van der Waals surface area contributed by atoms with Gasteiger partial charge in [-0.15, -0.1) is 0 Å². The van der Waals surface area contributed by atoms with E-state index in [1.54, 1.807) is 30.3 Å². The molecule has 6 nitrogen and oxygen atoms in total. The highest BCUT2D eigenvalue weighted by molar-refractivity contribution is 8.26. The maximum absolute atomic E-state index is 14.5. The number of halogens is 3. The van der Waals surface area contributed by atoms with Crippen molar-refractivity contribution in [2.45, 2.75) is 31.8 Å². The largest absolute Gasteiger partial charge is 0.334 e. The summed E-state index contributed by atoms with van der Waals surface area (Å²) in [6, 6.07) is 10.7. The van der Waals surface area contributed by atoms with Gasteiger partial charge < -0.3 is 4.90 Å². The standard InChI is InChI=1S/C25H23Cl2FN2O4S3/c26-17-8-6-16(7-9-17)13-22-24(32)29(25(35)36-22)11-2-5-23(31)30(18-10-12-37(33,34)15-18)14-19-20(27)3-1-4-21(19)28/h1,3-4,6-9,13,18H,2,5,10-12,14-15H2/b22-13-. The van der Waals surface area contributed by atoms with Crippen molar-refractivity contribution in [3.05, 3.63) is 74.4 Å². The fourth-order valence-corrected chi connectivity index (χ4v) is 7.62. The number of nitrogens with zero attached hydrogens (tertiary/aromatic N) is 2. The van der Waals surface area contributed by atoms with Gasteiger partial charge in [0.1, 0.15) is 10.1 Å². The van der Waals surface area contributed by atoms with Crippen LogP contribution in [0.2, 0.25) is 10.0 Å². The number of thioether (sulfide) groups is 1. The van der Waals surface area contributed by atoms with Gasteiger partial charge in [-0.1, -0.05) is 65.4 Å². The van der Waals surface area contributed by atoms with Gasteiger partial charge in [0.15, 0.2) is 9.84 Å². The monoisotopic (exact) mass is 600 g/mol. The fourth-order valence-electron chi connectivity index (χ4n) is 4.23. The van der Waals surface area contributed by atoms with Crippen LogP contribution in [0.25, 0.3) is 6.08 Å². The lowest BCUT2D eigenvalue weighted by molar-refractivity contribution is -0.134. The summed E-state index contributed by atoms with van der Waals surface area (Å²) in [5.41, 5.74) is 0.958. The predicted octanol–water partition coefficient (Wildman–Crippen LogP) is 5.33. The number of thiocarbonyl (C=S) groups is 1. The van der Waals surface area contributed by atoms with Gasteiger partial charge in [0.25, 0.3) is 5.91 Å². The summed E-state index contributed by atoms with van der Waals surface area (Å²) < 4.78 is 39.0. The van der Waals surface area contributed by atoms with Crippen molar-refractivity contribution in [1.82, 2.24) is 9.80 Å². The highest BCUT2D eigenvalue weighted by atomic mass is 35.5. The van der Waals surface area contributed by atoms with Crippen molar-refractivity contribution < 1.29 is 22.4 Å². The molecule has 0 saturated carbocycles. The van der Waals surface area contributed by atoms with E-state index in [4.69, 9.17) is 35.4 Å². The average molecular weight is 602 g/mol. The molecule has 0 aliphatic carbocycles. The van der Waals surface area contributed by atoms with E-state index in [-0.39, 0.29) is 59.8 Å². The molecule has 37 heavy (non-hydrogen) atoms. The molecule has 4 rings (SSSR count). The molecule has 196 valence electrons. The van der Waals surface area contributed by atoms with Crippen LogP contribution >= 0.6 is 47.2 Å². The van der Waals surface area contributed by atoms with Crippen LogP contribution in [0.15, 0.2) is 47.4 Å². The van der Waals surface area contributed by atoms with Crippen molar-refractivity contribution in [3.63, 3.8) is 0 Å². The second-order valence-electron chi connectivity index (χ2n) is 8.77. The van der Waals surface area contributed by atoms with Crippen molar-refractivity contribution in [1.29, 1.82) is 0 Å². The van der Waals surface area contributed by atoms with E-state index in [1.807, 2.05) is 0 Å². The lowest BCUT2D eigenvalue weighted by Crippen LogP contribution is -2.41. The number of carbonyl (C=O) groups is 2. The molecule has 2 aliphatic rings. The molecule has 0 radical (unpaired) electrons. The molecular formula is C25H23Cl2FN2O4S3. The third-order valence-corrected chi connectivity index (χ3v) is 9.91. The number of benzene rings is 2. The summed E-state index contributed by atoms with van der Waals surface area (Å²) in [7, 11) is -3.28. The van der Waals surface area contributed by atoms with Gasteiger partial charge in [-0.25, -0.2) is 12.8 Å². The quantitative estimate of drug-likeness (QED) is 0.301. The van der Waals surface area contributed by atoms with Crippen LogP contribution in [0.4, 0.5) is 4.39 Å². The zero-order chi connectivity index (χ0) is 26.7. The van der Waals surface area contributed by atoms with E-state index < -0.39 is 21.7 Å². The first kappa shape index (κ1) is 28.0. The van der Waals surface area contributed by atoms with Crippen LogP contribution in [-0.4, -0.2) is 58.4 Å². The molecule has 0 spiro atoms. The molecule has 2 aromatic rings. The number of sulfone groups is 1. The van der Waals surface area contributed by atoms with Crippen LogP contribution in [0, 0.1) is 5.82 Å². The zero-order valence-electron chi connectivity index (χ0n) is 19.5. The molecule has 2 aromatic carbocycles. The predicted molar refractivity (Wildman–Crippen MR) is 150 cm³/mol. The van der Waals surface area contributed by atoms with E-state index >= 15 is 0 Å². The molecule has 2 saturated heterocycles. The van der Waals surface area contributed by atoms with Gasteiger partial charge in [-0.2, -0.15) is 0 Å². The zero-order valence-corrected chi connectivity index (χ0v) is 23.5. The molecular weight excluding hydrogens is 578 g/mol. The Morgan fingerprint density at radius 1 is 1.22 bits per heavy atom. The number of hydrogen-bond donors (Lipinski definition) is 0. The van der Waals surface area contributed by atoms with Crippen LogP contribution < -0.4 is 0 Å². The molecule has 2 fully saturated rings. The third-order valence-electron chi connectivity index (χ3n) is 6.17. The summed E-state index contributed by atoms with van der Waals surface area (Å²) in [6.45, 7) is 0.0983. The second kappa shape index (κ2) is 11.8. The first-order chi connectivity index (χ1) is 17.5. The summed E-state index contributed by atoms with van der Waals surface area (Å²) in [5.74, 6) is -1.33. The molecule has 2 amide bonds. The number of amides is 2. The Morgan fingerprint density at radius 3 is 2.59 bits per heavy atom. The smallest absolute Gasteiger partial charge is 0.266 e. The lowest BCUT2D eigenvalue weighted by Gasteiger charge is -2.29. The second-order valence-corrected chi connectivity index (χ2v) is 13.5. The van der Waals surface area contributed by atoms with E-state index in [0.29, 0.717) is 20.7 Å². The average Bonchev–Trinajstić information content (AvgIpc) is 3.33. The minimum atomic E-state index is -3.28. The van der Waals surface area contributed by atoms with Crippen LogP contribution in [0.3, 0.4) is 0 Å². The molecule has 2 heterocycles. The maximum Gasteiger partial charge on any atom is 0.266 e. The summed E-state index contributed by atoms with van der Waals surface area (Å²) >= 11 is 18.7. The number of rotatable bonds is 8. The summed E-state index contributed by atoms with van der Waals surface area (Å²) in [4.78, 5) is 29.5. The van der Waals surface area contributed by atoms with Gasteiger partial charge in [0.2, 0.25) is 5.91 Å². The molecule has 0 N–H and O–H groups in total. The molecule has 1 atom stereocenters. The topological polar surface area (TPSA) is 74.8 Å². The van der Waals surface area contributed by atoms with Crippen molar-refractivity contribution in [3.8, 4) is 0 Å². The Labute approximate surface area is 234 Å². The van der Waals surface area contributed by atoms with E-state index in [1.165, 1.54) is 39.8 Å². The van der Waals surface area contributed by atoms with E-state index in [0.717, 1.165) is 5.56 Å². The van der Waals surface area contributed by atoms with Crippen molar-refractivity contribution >= 4 is 79.2 Å². The van der Waals surface area contributed by atoms with Gasteiger partial charge >= 0.3 is 0 Å². The van der Waals surface area contributed by atoms with Gasteiger partial charge in [-0.3, -0.25) is 14.5 Å². The van der Waals surface area contributed by atoms with Crippen molar-refractivity contribution in [2.75, 3.05) is 18.1 Å². The summed E-state index contributed by atoms with van der Waals surface area (Å²) in [5, 5.41) is 0.764. The van der Waals surface area contributed by atoms with E-state index in [9.17, 15) is 22.4 Å². The number of hydrogen-bond acceptors (Lipinski definition) is 6. The Balaban J connectivity index is 1.42. The lowest BCUT2D eigenvalue weighted by atomic mass is 10.1. The Morgan fingerprint density at radius 2 is 1.95 bits per heavy atom. The Kier molecular flexibility index (Phi) is 8.96. The first-order valence-corrected chi connectivity index (χ1v) is 15.3. The minimum absolute atomic E-state index is 0.0248. The van der Waals surface area contributed by atoms with Crippen molar-refractivity contribution in [2.24, 2.45) is 0 Å². The molecule has 0 bridgehead atoms. The molecule has 2 aliphatic heterocycles.